The smallest absolute Gasteiger partial charge is 0.251 e. The fourth-order valence-electron chi connectivity index (χ4n) is 3.12. The van der Waals surface area contributed by atoms with Gasteiger partial charge in [-0.1, -0.05) is 53.2 Å². The van der Waals surface area contributed by atoms with Crippen molar-refractivity contribution in [2.75, 3.05) is 0 Å². The number of nitrogens with one attached hydrogen (secondary N) is 1. The average Bonchev–Trinajstić information content (AvgIpc) is 2.83. The highest BCUT2D eigenvalue weighted by atomic mass is 35.5. The first-order chi connectivity index (χ1) is 13.9. The lowest BCUT2D eigenvalue weighted by atomic mass is 10.0. The molecule has 0 unspecified atom stereocenters. The minimum atomic E-state index is -0.115. The summed E-state index contributed by atoms with van der Waals surface area (Å²) >= 11 is 14.2. The van der Waals surface area contributed by atoms with Crippen LogP contribution in [0.4, 0.5) is 5.69 Å². The van der Waals surface area contributed by atoms with Crippen LogP contribution in [0.3, 0.4) is 0 Å². The summed E-state index contributed by atoms with van der Waals surface area (Å²) < 4.78 is 0. The molecule has 0 atom stereocenters. The van der Waals surface area contributed by atoms with Gasteiger partial charge in [0.15, 0.2) is 0 Å². The SMILES string of the molecule is CC(C)NC(=O)c1ccc2c(c1)N=C(c1ccc(Cl)cc1Cl)c1ccccc1S2. The molecule has 3 aromatic rings. The van der Waals surface area contributed by atoms with Crippen LogP contribution < -0.4 is 5.32 Å². The summed E-state index contributed by atoms with van der Waals surface area (Å²) in [5.41, 5.74) is 3.87. The molecule has 146 valence electrons. The molecule has 0 saturated heterocycles. The van der Waals surface area contributed by atoms with Gasteiger partial charge in [0, 0.05) is 37.5 Å². The summed E-state index contributed by atoms with van der Waals surface area (Å²) in [5.74, 6) is -0.115. The van der Waals surface area contributed by atoms with Crippen LogP contribution in [0, 0.1) is 0 Å². The van der Waals surface area contributed by atoms with Crippen molar-refractivity contribution < 1.29 is 4.79 Å². The lowest BCUT2D eigenvalue weighted by Gasteiger charge is -2.11. The number of carbonyl (C=O) groups is 1. The van der Waals surface area contributed by atoms with E-state index in [9.17, 15) is 4.79 Å². The van der Waals surface area contributed by atoms with E-state index >= 15 is 0 Å². The van der Waals surface area contributed by atoms with Gasteiger partial charge in [-0.2, -0.15) is 0 Å². The van der Waals surface area contributed by atoms with Gasteiger partial charge in [0.05, 0.1) is 16.4 Å². The molecule has 0 saturated carbocycles. The topological polar surface area (TPSA) is 41.5 Å². The lowest BCUT2D eigenvalue weighted by molar-refractivity contribution is 0.0943. The summed E-state index contributed by atoms with van der Waals surface area (Å²) in [6, 6.07) is 19.2. The molecule has 0 radical (unpaired) electrons. The Balaban J connectivity index is 1.89. The van der Waals surface area contributed by atoms with Crippen LogP contribution in [0.1, 0.15) is 35.3 Å². The Hall–Kier alpha value is -2.27. The predicted molar refractivity (Wildman–Crippen MR) is 121 cm³/mol. The highest BCUT2D eigenvalue weighted by Crippen LogP contribution is 2.42. The van der Waals surface area contributed by atoms with E-state index in [4.69, 9.17) is 28.2 Å². The third kappa shape index (κ3) is 4.20. The van der Waals surface area contributed by atoms with Crippen LogP contribution in [0.5, 0.6) is 0 Å². The number of rotatable bonds is 3. The number of hydrogen-bond donors (Lipinski definition) is 1. The van der Waals surface area contributed by atoms with Gasteiger partial charge in [-0.15, -0.1) is 0 Å². The van der Waals surface area contributed by atoms with Crippen molar-refractivity contribution in [3.8, 4) is 0 Å². The monoisotopic (exact) mass is 440 g/mol. The normalized spacial score (nSPS) is 12.7. The average molecular weight is 441 g/mol. The number of aliphatic imine (C=N–C) groups is 1. The molecule has 6 heteroatoms. The van der Waals surface area contributed by atoms with Crippen molar-refractivity contribution in [2.45, 2.75) is 29.7 Å². The molecule has 1 aliphatic heterocycles. The Kier molecular flexibility index (Phi) is 5.68. The molecule has 0 fully saturated rings. The van der Waals surface area contributed by atoms with Crippen LogP contribution in [-0.2, 0) is 0 Å². The molecule has 3 nitrogen and oxygen atoms in total. The van der Waals surface area contributed by atoms with Crippen molar-refractivity contribution in [1.82, 2.24) is 5.32 Å². The fraction of sp³-hybridized carbons (Fsp3) is 0.130. The lowest BCUT2D eigenvalue weighted by Crippen LogP contribution is -2.29. The van der Waals surface area contributed by atoms with Gasteiger partial charge in [-0.3, -0.25) is 4.79 Å². The largest absolute Gasteiger partial charge is 0.350 e. The number of hydrogen-bond acceptors (Lipinski definition) is 3. The second kappa shape index (κ2) is 8.23. The van der Waals surface area contributed by atoms with Crippen molar-refractivity contribution in [3.63, 3.8) is 0 Å². The van der Waals surface area contributed by atoms with Gasteiger partial charge in [-0.25, -0.2) is 4.99 Å². The third-order valence-electron chi connectivity index (χ3n) is 4.42. The maximum absolute atomic E-state index is 12.5. The Morgan fingerprint density at radius 2 is 1.76 bits per heavy atom. The van der Waals surface area contributed by atoms with Crippen molar-refractivity contribution >= 4 is 52.3 Å². The number of benzene rings is 3. The quantitative estimate of drug-likeness (QED) is 0.381. The Morgan fingerprint density at radius 3 is 2.52 bits per heavy atom. The molecule has 1 aliphatic rings. The van der Waals surface area contributed by atoms with Crippen LogP contribution in [0.2, 0.25) is 10.0 Å². The Bertz CT molecular complexity index is 1140. The number of nitrogens with zero attached hydrogens (tertiary/aromatic N) is 1. The molecule has 0 aliphatic carbocycles. The predicted octanol–water partition coefficient (Wildman–Crippen LogP) is 6.77. The first-order valence-electron chi connectivity index (χ1n) is 9.18. The fourth-order valence-corrected chi connectivity index (χ4v) is 4.62. The van der Waals surface area contributed by atoms with Gasteiger partial charge < -0.3 is 5.32 Å². The zero-order valence-corrected chi connectivity index (χ0v) is 18.2. The van der Waals surface area contributed by atoms with E-state index in [-0.39, 0.29) is 11.9 Å². The van der Waals surface area contributed by atoms with E-state index in [0.717, 1.165) is 32.3 Å². The third-order valence-corrected chi connectivity index (χ3v) is 6.11. The zero-order valence-electron chi connectivity index (χ0n) is 15.9. The second-order valence-corrected chi connectivity index (χ2v) is 8.92. The maximum Gasteiger partial charge on any atom is 0.251 e. The summed E-state index contributed by atoms with van der Waals surface area (Å²) in [4.78, 5) is 19.5. The zero-order chi connectivity index (χ0) is 20.5. The molecular formula is C23H18Cl2N2OS. The standard InChI is InChI=1S/C23H18Cl2N2OS/c1-13(2)26-23(28)14-7-10-21-19(11-14)27-22(16-9-8-15(24)12-18(16)25)17-5-3-4-6-20(17)29-21/h3-13H,1-2H3,(H,26,28). The highest BCUT2D eigenvalue weighted by molar-refractivity contribution is 7.99. The second-order valence-electron chi connectivity index (χ2n) is 6.99. The van der Waals surface area contributed by atoms with Crippen LogP contribution >= 0.6 is 35.0 Å². The number of fused-ring (bicyclic) bond motifs is 2. The highest BCUT2D eigenvalue weighted by Gasteiger charge is 2.21. The number of amides is 1. The minimum Gasteiger partial charge on any atom is -0.350 e. The van der Waals surface area contributed by atoms with E-state index < -0.39 is 0 Å². The first-order valence-corrected chi connectivity index (χ1v) is 10.8. The van der Waals surface area contributed by atoms with Gasteiger partial charge in [0.2, 0.25) is 0 Å². The number of carbonyl (C=O) groups excluding carboxylic acids is 1. The molecule has 1 N–H and O–H groups in total. The summed E-state index contributed by atoms with van der Waals surface area (Å²) in [7, 11) is 0. The molecule has 1 amide bonds. The molecule has 1 heterocycles. The van der Waals surface area contributed by atoms with Gasteiger partial charge in [0.25, 0.3) is 5.91 Å². The van der Waals surface area contributed by atoms with Crippen LogP contribution in [-0.4, -0.2) is 17.7 Å². The molecule has 0 aromatic heterocycles. The minimum absolute atomic E-state index is 0.0619. The van der Waals surface area contributed by atoms with E-state index in [2.05, 4.69) is 11.4 Å². The van der Waals surface area contributed by atoms with E-state index in [1.807, 2.05) is 56.3 Å². The van der Waals surface area contributed by atoms with Crippen LogP contribution in [0.25, 0.3) is 0 Å². The maximum atomic E-state index is 12.5. The molecule has 0 spiro atoms. The van der Waals surface area contributed by atoms with Gasteiger partial charge >= 0.3 is 0 Å². The molecule has 29 heavy (non-hydrogen) atoms. The first kappa shape index (κ1) is 20.0. The Labute approximate surface area is 184 Å². The van der Waals surface area contributed by atoms with E-state index in [0.29, 0.717) is 15.6 Å². The van der Waals surface area contributed by atoms with E-state index in [1.165, 1.54) is 0 Å². The molecule has 0 bridgehead atoms. The van der Waals surface area contributed by atoms with Gasteiger partial charge in [0.1, 0.15) is 0 Å². The van der Waals surface area contributed by atoms with Crippen molar-refractivity contribution in [1.29, 1.82) is 0 Å². The molecular weight excluding hydrogens is 423 g/mol. The Morgan fingerprint density at radius 1 is 0.966 bits per heavy atom. The molecule has 3 aromatic carbocycles. The summed E-state index contributed by atoms with van der Waals surface area (Å²) in [5, 5.41) is 4.04. The van der Waals surface area contributed by atoms with Crippen molar-refractivity contribution in [3.05, 3.63) is 87.4 Å². The number of halogens is 2. The van der Waals surface area contributed by atoms with Crippen LogP contribution in [0.15, 0.2) is 75.4 Å². The summed E-state index contributed by atoms with van der Waals surface area (Å²) in [6.45, 7) is 3.87. The van der Waals surface area contributed by atoms with Gasteiger partial charge in [-0.05, 0) is 56.3 Å². The molecule has 4 rings (SSSR count). The summed E-state index contributed by atoms with van der Waals surface area (Å²) in [6.07, 6.45) is 0. The van der Waals surface area contributed by atoms with Crippen molar-refractivity contribution in [2.24, 2.45) is 4.99 Å². The van der Waals surface area contributed by atoms with E-state index in [1.54, 1.807) is 23.9 Å².